The fourth-order valence-corrected chi connectivity index (χ4v) is 3.83. The Kier molecular flexibility index (Phi) is 6.72. The number of ether oxygens (including phenoxy) is 1. The van der Waals surface area contributed by atoms with Crippen molar-refractivity contribution < 1.29 is 18.9 Å². The molecule has 2 aliphatic heterocycles. The van der Waals surface area contributed by atoms with E-state index in [9.17, 15) is 9.59 Å². The predicted octanol–water partition coefficient (Wildman–Crippen LogP) is 2.52. The molecule has 1 unspecified atom stereocenters. The number of benzene rings is 2. The van der Waals surface area contributed by atoms with Crippen LogP contribution in [0.25, 0.3) is 0 Å². The van der Waals surface area contributed by atoms with E-state index in [1.54, 1.807) is 13.3 Å². The van der Waals surface area contributed by atoms with Gasteiger partial charge in [0.25, 0.3) is 5.91 Å². The van der Waals surface area contributed by atoms with Crippen LogP contribution in [0.1, 0.15) is 25.0 Å². The average molecular weight is 462 g/mol. The summed E-state index contributed by atoms with van der Waals surface area (Å²) in [7, 11) is 3.11. The second-order valence-electron chi connectivity index (χ2n) is 8.69. The Morgan fingerprint density at radius 1 is 1.09 bits per heavy atom. The summed E-state index contributed by atoms with van der Waals surface area (Å²) in [4.78, 5) is 32.2. The van der Waals surface area contributed by atoms with Gasteiger partial charge >= 0.3 is 12.0 Å². The van der Waals surface area contributed by atoms with E-state index in [2.05, 4.69) is 29.4 Å². The van der Waals surface area contributed by atoms with Crippen LogP contribution in [0.5, 0.6) is 5.75 Å². The normalized spacial score (nSPS) is 18.1. The summed E-state index contributed by atoms with van der Waals surface area (Å²) in [5.74, 6) is 1.60. The van der Waals surface area contributed by atoms with Gasteiger partial charge in [0.2, 0.25) is 11.9 Å². The maximum absolute atomic E-state index is 12.8. The summed E-state index contributed by atoms with van der Waals surface area (Å²) in [6, 6.07) is 16.6. The first-order valence-electron chi connectivity index (χ1n) is 11.2. The van der Waals surface area contributed by atoms with Crippen molar-refractivity contribution >= 4 is 29.9 Å². The number of hydrogen-bond donors (Lipinski definition) is 1. The van der Waals surface area contributed by atoms with E-state index < -0.39 is 12.1 Å². The van der Waals surface area contributed by atoms with E-state index in [0.29, 0.717) is 24.9 Å². The number of aliphatic imine (C=N–C) groups is 1. The zero-order chi connectivity index (χ0) is 24.2. The number of nitrogens with one attached hydrogen (secondary N) is 1. The minimum atomic E-state index is -0.645. The van der Waals surface area contributed by atoms with E-state index in [-0.39, 0.29) is 11.8 Å². The van der Waals surface area contributed by atoms with Crippen LogP contribution in [0.15, 0.2) is 64.7 Å². The third kappa shape index (κ3) is 4.83. The highest BCUT2D eigenvalue weighted by Gasteiger charge is 2.51. The molecule has 2 aromatic carbocycles. The maximum Gasteiger partial charge on any atom is 0.413 e. The molecule has 4 rings (SSSR count). The van der Waals surface area contributed by atoms with Crippen LogP contribution in [-0.2, 0) is 11.4 Å². The molecule has 0 aliphatic carbocycles. The topological polar surface area (TPSA) is 89.6 Å². The molecule has 1 saturated heterocycles. The minimum Gasteiger partial charge on any atom is -0.489 e. The summed E-state index contributed by atoms with van der Waals surface area (Å²) in [6.45, 7) is 5.22. The number of amidine groups is 1. The summed E-state index contributed by atoms with van der Waals surface area (Å²) >= 11 is 0. The number of urea groups is 1. The zero-order valence-corrected chi connectivity index (χ0v) is 19.8. The Morgan fingerprint density at radius 2 is 1.79 bits per heavy atom. The van der Waals surface area contributed by atoms with Gasteiger partial charge in [-0.1, -0.05) is 49.2 Å². The number of carbonyl (C=O) groups is 2. The fourth-order valence-electron chi connectivity index (χ4n) is 3.83. The zero-order valence-electron chi connectivity index (χ0n) is 19.8. The Bertz CT molecular complexity index is 1150. The SMILES string of the molecule is CC(C)C[N+]1=C(N/N=C/c2ccc(OCc3ccccc3)cc2)N=C2C1C(=O)N(C)C(=O)N2C. The molecule has 34 heavy (non-hydrogen) atoms. The highest BCUT2D eigenvalue weighted by Crippen LogP contribution is 2.19. The van der Waals surface area contributed by atoms with Gasteiger partial charge in [-0.05, 0) is 41.3 Å². The Labute approximate surface area is 199 Å². The molecule has 0 bridgehead atoms. The van der Waals surface area contributed by atoms with Crippen molar-refractivity contribution in [1.82, 2.24) is 15.2 Å². The molecule has 1 fully saturated rings. The molecule has 0 radical (unpaired) electrons. The van der Waals surface area contributed by atoms with Gasteiger partial charge < -0.3 is 4.74 Å². The summed E-state index contributed by atoms with van der Waals surface area (Å²) in [5.41, 5.74) is 4.94. The number of guanidine groups is 1. The van der Waals surface area contributed by atoms with Gasteiger partial charge in [0, 0.05) is 14.1 Å². The van der Waals surface area contributed by atoms with Crippen molar-refractivity contribution in [3.05, 3.63) is 65.7 Å². The first kappa shape index (κ1) is 23.2. The molecule has 9 heteroatoms. The van der Waals surface area contributed by atoms with Gasteiger partial charge in [0.05, 0.1) is 12.8 Å². The summed E-state index contributed by atoms with van der Waals surface area (Å²) in [6.07, 6.45) is 1.67. The van der Waals surface area contributed by atoms with Crippen LogP contribution < -0.4 is 10.2 Å². The molecule has 176 valence electrons. The van der Waals surface area contributed by atoms with E-state index >= 15 is 0 Å². The van der Waals surface area contributed by atoms with Crippen molar-refractivity contribution in [2.75, 3.05) is 20.6 Å². The first-order chi connectivity index (χ1) is 16.3. The standard InChI is InChI=1S/C25H28N6O3/c1-17(2)15-31-21-22(29(3)25(33)30(4)23(21)32)27-24(31)28-26-14-18-10-12-20(13-11-18)34-16-19-8-6-5-7-9-19/h5-14,17,21H,15-16H2,1-4H3/p+1/b26-14+. The minimum absolute atomic E-state index is 0.278. The lowest BCUT2D eigenvalue weighted by atomic mass is 10.1. The van der Waals surface area contributed by atoms with Gasteiger partial charge in [-0.25, -0.2) is 9.37 Å². The third-order valence-corrected chi connectivity index (χ3v) is 5.60. The van der Waals surface area contributed by atoms with Crippen LogP contribution >= 0.6 is 0 Å². The monoisotopic (exact) mass is 461 g/mol. The van der Waals surface area contributed by atoms with E-state index in [0.717, 1.165) is 21.8 Å². The van der Waals surface area contributed by atoms with E-state index in [1.165, 1.54) is 11.9 Å². The van der Waals surface area contributed by atoms with Crippen molar-refractivity contribution in [2.45, 2.75) is 26.5 Å². The van der Waals surface area contributed by atoms with Crippen molar-refractivity contribution in [3.63, 3.8) is 0 Å². The second-order valence-corrected chi connectivity index (χ2v) is 8.69. The van der Waals surface area contributed by atoms with Gasteiger partial charge in [-0.2, -0.15) is 5.43 Å². The number of fused-ring (bicyclic) bond motifs is 1. The van der Waals surface area contributed by atoms with Crippen molar-refractivity contribution in [2.24, 2.45) is 16.0 Å². The molecule has 0 spiro atoms. The first-order valence-corrected chi connectivity index (χ1v) is 11.2. The number of imide groups is 1. The number of carbonyl (C=O) groups excluding carboxylic acids is 2. The third-order valence-electron chi connectivity index (χ3n) is 5.60. The lowest BCUT2D eigenvalue weighted by Gasteiger charge is -2.32. The highest BCUT2D eigenvalue weighted by atomic mass is 16.5. The molecule has 2 aromatic rings. The quantitative estimate of drug-likeness (QED) is 0.390. The highest BCUT2D eigenvalue weighted by molar-refractivity contribution is 6.22. The van der Waals surface area contributed by atoms with Gasteiger partial charge in [0.1, 0.15) is 12.4 Å². The molecule has 1 atom stereocenters. The number of hydrogen-bond acceptors (Lipinski definition) is 6. The van der Waals surface area contributed by atoms with Crippen LogP contribution in [0.4, 0.5) is 4.79 Å². The second kappa shape index (κ2) is 9.86. The molecule has 0 aromatic heterocycles. The molecule has 2 aliphatic rings. The molecule has 9 nitrogen and oxygen atoms in total. The van der Waals surface area contributed by atoms with Crippen LogP contribution in [-0.4, -0.2) is 71.0 Å². The number of rotatable bonds is 7. The maximum atomic E-state index is 12.8. The molecule has 0 saturated carbocycles. The number of nitrogens with zero attached hydrogens (tertiary/aromatic N) is 5. The Morgan fingerprint density at radius 3 is 2.47 bits per heavy atom. The number of likely N-dealkylation sites (N-methyl/N-ethyl adjacent to an activating group) is 2. The van der Waals surface area contributed by atoms with Crippen molar-refractivity contribution in [1.29, 1.82) is 0 Å². The van der Waals surface area contributed by atoms with Crippen LogP contribution in [0.3, 0.4) is 0 Å². The summed E-state index contributed by atoms with van der Waals surface area (Å²) < 4.78 is 7.68. The van der Waals surface area contributed by atoms with Gasteiger partial charge in [0.15, 0.2) is 0 Å². The molecular formula is C25H29N6O3+. The van der Waals surface area contributed by atoms with E-state index in [4.69, 9.17) is 4.74 Å². The molecule has 3 amide bonds. The molecular weight excluding hydrogens is 432 g/mol. The molecule has 2 heterocycles. The lowest BCUT2D eigenvalue weighted by Crippen LogP contribution is -2.61. The van der Waals surface area contributed by atoms with Crippen LogP contribution in [0.2, 0.25) is 0 Å². The van der Waals surface area contributed by atoms with Crippen molar-refractivity contribution in [3.8, 4) is 5.75 Å². The van der Waals surface area contributed by atoms with E-state index in [1.807, 2.05) is 59.2 Å². The average Bonchev–Trinajstić information content (AvgIpc) is 3.19. The largest absolute Gasteiger partial charge is 0.489 e. The van der Waals surface area contributed by atoms with Gasteiger partial charge in [-0.15, -0.1) is 5.10 Å². The fraction of sp³-hybridized carbons (Fsp3) is 0.320. The lowest BCUT2D eigenvalue weighted by molar-refractivity contribution is -0.543. The summed E-state index contributed by atoms with van der Waals surface area (Å²) in [5, 5.41) is 4.32. The van der Waals surface area contributed by atoms with Crippen LogP contribution in [0, 0.1) is 5.92 Å². The Hall–Kier alpha value is -4.01. The predicted molar refractivity (Wildman–Crippen MR) is 130 cm³/mol. The number of hydrazone groups is 1. The number of amides is 3. The van der Waals surface area contributed by atoms with Gasteiger partial charge in [-0.3, -0.25) is 14.6 Å². The molecule has 1 N–H and O–H groups in total. The smallest absolute Gasteiger partial charge is 0.413 e. The Balaban J connectivity index is 1.45.